The van der Waals surface area contributed by atoms with Gasteiger partial charge in [-0.05, 0) is 36.8 Å². The quantitative estimate of drug-likeness (QED) is 0.535. The number of hydrogen-bond acceptors (Lipinski definition) is 7. The first-order valence-electron chi connectivity index (χ1n) is 10.1. The van der Waals surface area contributed by atoms with E-state index < -0.39 is 0 Å². The zero-order chi connectivity index (χ0) is 20.2. The van der Waals surface area contributed by atoms with Crippen LogP contribution in [0.2, 0.25) is 0 Å². The van der Waals surface area contributed by atoms with Gasteiger partial charge in [0.2, 0.25) is 0 Å². The van der Waals surface area contributed by atoms with Crippen LogP contribution in [0, 0.1) is 17.7 Å². The van der Waals surface area contributed by atoms with E-state index in [0.717, 1.165) is 35.2 Å². The average Bonchev–Trinajstić information content (AvgIpc) is 3.24. The first kappa shape index (κ1) is 17.4. The Morgan fingerprint density at radius 1 is 1.13 bits per heavy atom. The first-order valence-corrected chi connectivity index (χ1v) is 10.1. The molecule has 2 N–H and O–H groups in total. The summed E-state index contributed by atoms with van der Waals surface area (Å²) in [6.45, 7) is 1.90. The molecule has 1 saturated carbocycles. The van der Waals surface area contributed by atoms with Gasteiger partial charge in [0, 0.05) is 25.5 Å². The van der Waals surface area contributed by atoms with E-state index in [2.05, 4.69) is 30.2 Å². The molecule has 9 heteroatoms. The Labute approximate surface area is 171 Å². The Balaban J connectivity index is 1.56. The van der Waals surface area contributed by atoms with Crippen molar-refractivity contribution >= 4 is 33.4 Å². The van der Waals surface area contributed by atoms with Crippen molar-refractivity contribution in [2.45, 2.75) is 12.8 Å². The van der Waals surface area contributed by atoms with E-state index in [0.29, 0.717) is 28.9 Å². The van der Waals surface area contributed by atoms with E-state index in [1.165, 1.54) is 31.3 Å². The number of benzene rings is 1. The molecule has 152 valence electrons. The summed E-state index contributed by atoms with van der Waals surface area (Å²) in [5.41, 5.74) is 2.09. The molecule has 2 unspecified atom stereocenters. The van der Waals surface area contributed by atoms with Crippen LogP contribution in [0.4, 0.5) is 15.9 Å². The van der Waals surface area contributed by atoms with Crippen molar-refractivity contribution in [1.82, 2.24) is 24.9 Å². The largest absolute Gasteiger partial charge is 0.421 e. The predicted molar refractivity (Wildman–Crippen MR) is 111 cm³/mol. The van der Waals surface area contributed by atoms with Gasteiger partial charge in [-0.2, -0.15) is 9.97 Å². The summed E-state index contributed by atoms with van der Waals surface area (Å²) in [6.07, 6.45) is 7.08. The van der Waals surface area contributed by atoms with Crippen LogP contribution < -0.4 is 15.0 Å². The fourth-order valence-corrected chi connectivity index (χ4v) is 4.67. The van der Waals surface area contributed by atoms with E-state index in [1.54, 1.807) is 19.4 Å². The summed E-state index contributed by atoms with van der Waals surface area (Å²) >= 11 is 0. The van der Waals surface area contributed by atoms with E-state index in [-0.39, 0.29) is 11.8 Å². The number of anilines is 2. The highest BCUT2D eigenvalue weighted by Crippen LogP contribution is 2.44. The fourth-order valence-electron chi connectivity index (χ4n) is 4.67. The minimum absolute atomic E-state index is 0.213. The summed E-state index contributed by atoms with van der Waals surface area (Å²) in [5, 5.41) is 4.64. The lowest BCUT2D eigenvalue weighted by Crippen LogP contribution is -2.22. The highest BCUT2D eigenvalue weighted by molar-refractivity contribution is 6.14. The molecule has 3 aromatic heterocycles. The highest BCUT2D eigenvalue weighted by Gasteiger charge is 2.40. The zero-order valence-corrected chi connectivity index (χ0v) is 16.4. The van der Waals surface area contributed by atoms with Crippen LogP contribution in [0.3, 0.4) is 0 Å². The maximum Gasteiger partial charge on any atom is 0.326 e. The van der Waals surface area contributed by atoms with Crippen molar-refractivity contribution < 1.29 is 9.13 Å². The van der Waals surface area contributed by atoms with Crippen LogP contribution >= 0.6 is 0 Å². The molecule has 1 aromatic carbocycles. The Morgan fingerprint density at radius 3 is 2.60 bits per heavy atom. The molecule has 30 heavy (non-hydrogen) atoms. The van der Waals surface area contributed by atoms with Crippen molar-refractivity contribution in [2.75, 3.05) is 30.4 Å². The van der Waals surface area contributed by atoms with Gasteiger partial charge in [0.15, 0.2) is 5.75 Å². The molecule has 1 aliphatic heterocycles. The van der Waals surface area contributed by atoms with Crippen LogP contribution in [-0.4, -0.2) is 45.1 Å². The van der Waals surface area contributed by atoms with E-state index in [9.17, 15) is 4.39 Å². The molecule has 1 aliphatic carbocycles. The van der Waals surface area contributed by atoms with Crippen LogP contribution in [-0.2, 0) is 0 Å². The van der Waals surface area contributed by atoms with E-state index in [4.69, 9.17) is 9.72 Å². The summed E-state index contributed by atoms with van der Waals surface area (Å²) < 4.78 is 20.2. The molecule has 0 radical (unpaired) electrons. The number of ether oxygens (including phenoxy) is 1. The molecular formula is C21H20FN7O. The minimum atomic E-state index is -0.304. The van der Waals surface area contributed by atoms with Crippen LogP contribution in [0.5, 0.6) is 11.8 Å². The Hall–Kier alpha value is -3.49. The molecule has 6 rings (SSSR count). The van der Waals surface area contributed by atoms with Gasteiger partial charge in [-0.15, -0.1) is 0 Å². The smallest absolute Gasteiger partial charge is 0.326 e. The molecule has 0 bridgehead atoms. The number of hydrogen-bond donors (Lipinski definition) is 2. The lowest BCUT2D eigenvalue weighted by molar-refractivity contribution is 0.243. The molecule has 2 atom stereocenters. The normalized spacial score (nSPS) is 20.4. The lowest BCUT2D eigenvalue weighted by atomic mass is 9.77. The SMILES string of the molecule is CNc1cc(F)cc2c1[nH]c1nc(Oc3cncnc3)nc(N3CC4CCC4C3)c12. The number of nitrogens with zero attached hydrogens (tertiary/aromatic N) is 5. The van der Waals surface area contributed by atoms with Crippen LogP contribution in [0.1, 0.15) is 12.8 Å². The summed E-state index contributed by atoms with van der Waals surface area (Å²) in [6, 6.07) is 3.22. The Bertz CT molecular complexity index is 1250. The van der Waals surface area contributed by atoms with Gasteiger partial charge in [0.05, 0.1) is 29.0 Å². The van der Waals surface area contributed by atoms with Gasteiger partial charge in [0.1, 0.15) is 23.6 Å². The molecule has 0 spiro atoms. The number of nitrogens with one attached hydrogen (secondary N) is 2. The summed E-state index contributed by atoms with van der Waals surface area (Å²) in [4.78, 5) is 22.9. The van der Waals surface area contributed by atoms with E-state index >= 15 is 0 Å². The standard InChI is InChI=1S/C21H20FN7O/c1-23-16-5-13(22)4-15-17-19(26-18(15)16)27-21(30-14-6-24-10-25-7-14)28-20(17)29-8-11-2-3-12(11)9-29/h4-7,10-12,23H,2-3,8-9H2,1H3,(H,26,27,28). The van der Waals surface area contributed by atoms with Crippen molar-refractivity contribution in [3.05, 3.63) is 36.7 Å². The predicted octanol–water partition coefficient (Wildman–Crippen LogP) is 3.72. The minimum Gasteiger partial charge on any atom is -0.421 e. The average molecular weight is 405 g/mol. The van der Waals surface area contributed by atoms with Gasteiger partial charge in [-0.25, -0.2) is 14.4 Å². The molecule has 8 nitrogen and oxygen atoms in total. The van der Waals surface area contributed by atoms with Gasteiger partial charge < -0.3 is 19.9 Å². The van der Waals surface area contributed by atoms with Gasteiger partial charge >= 0.3 is 6.01 Å². The summed E-state index contributed by atoms with van der Waals surface area (Å²) in [7, 11) is 1.77. The maximum atomic E-state index is 14.4. The lowest BCUT2D eigenvalue weighted by Gasteiger charge is -2.27. The third-order valence-electron chi connectivity index (χ3n) is 6.28. The second kappa shape index (κ2) is 6.51. The highest BCUT2D eigenvalue weighted by atomic mass is 19.1. The van der Waals surface area contributed by atoms with Gasteiger partial charge in [-0.3, -0.25) is 0 Å². The molecule has 2 aliphatic rings. The molecule has 1 saturated heterocycles. The number of aromatic amines is 1. The number of aromatic nitrogens is 5. The van der Waals surface area contributed by atoms with Gasteiger partial charge in [-0.1, -0.05) is 0 Å². The van der Waals surface area contributed by atoms with Crippen LogP contribution in [0.25, 0.3) is 21.9 Å². The number of fused-ring (bicyclic) bond motifs is 4. The zero-order valence-electron chi connectivity index (χ0n) is 16.4. The topological polar surface area (TPSA) is 91.8 Å². The maximum absolute atomic E-state index is 14.4. The van der Waals surface area contributed by atoms with Crippen molar-refractivity contribution in [3.63, 3.8) is 0 Å². The molecule has 0 amide bonds. The Morgan fingerprint density at radius 2 is 1.90 bits per heavy atom. The Kier molecular flexibility index (Phi) is 3.77. The first-order chi connectivity index (χ1) is 14.7. The van der Waals surface area contributed by atoms with E-state index in [1.807, 2.05) is 0 Å². The molecule has 2 fully saturated rings. The van der Waals surface area contributed by atoms with Crippen molar-refractivity contribution in [1.29, 1.82) is 0 Å². The van der Waals surface area contributed by atoms with Crippen molar-refractivity contribution in [3.8, 4) is 11.8 Å². The second-order valence-corrected chi connectivity index (χ2v) is 7.98. The number of rotatable bonds is 4. The molecule has 4 heterocycles. The third-order valence-corrected chi connectivity index (χ3v) is 6.28. The second-order valence-electron chi connectivity index (χ2n) is 7.98. The summed E-state index contributed by atoms with van der Waals surface area (Å²) in [5.74, 6) is 2.35. The molecular weight excluding hydrogens is 385 g/mol. The van der Waals surface area contributed by atoms with Crippen LogP contribution in [0.15, 0.2) is 30.9 Å². The monoisotopic (exact) mass is 405 g/mol. The number of halogens is 1. The number of H-pyrrole nitrogens is 1. The van der Waals surface area contributed by atoms with Crippen molar-refractivity contribution in [2.24, 2.45) is 11.8 Å². The third kappa shape index (κ3) is 2.65. The molecule has 4 aromatic rings. The van der Waals surface area contributed by atoms with Gasteiger partial charge in [0.25, 0.3) is 0 Å². The fraction of sp³-hybridized carbons (Fsp3) is 0.333.